The average molecular weight is 789 g/mol. The minimum Gasteiger partial charge on any atom is -0.315 e. The number of benzene rings is 10. The lowest BCUT2D eigenvalue weighted by molar-refractivity contribution is 1.26. The van der Waals surface area contributed by atoms with E-state index in [0.717, 1.165) is 17.1 Å². The minimum atomic E-state index is 1.10. The zero-order valence-corrected chi connectivity index (χ0v) is 34.0. The smallest absolute Gasteiger partial charge is 0.0620 e. The zero-order valence-electron chi connectivity index (χ0n) is 34.0. The molecule has 2 aromatic heterocycles. The van der Waals surface area contributed by atoms with Crippen molar-refractivity contribution in [3.63, 3.8) is 0 Å². The van der Waals surface area contributed by atoms with E-state index in [0.29, 0.717) is 0 Å². The van der Waals surface area contributed by atoms with E-state index in [4.69, 9.17) is 0 Å². The third kappa shape index (κ3) is 5.96. The molecular weight excluding hydrogens is 749 g/mol. The molecule has 0 fully saturated rings. The van der Waals surface area contributed by atoms with Gasteiger partial charge in [-0.25, -0.2) is 0 Å². The van der Waals surface area contributed by atoms with Crippen molar-refractivity contribution in [2.24, 2.45) is 0 Å². The Kier molecular flexibility index (Phi) is 8.53. The summed E-state index contributed by atoms with van der Waals surface area (Å²) in [5.41, 5.74) is 15.4. The van der Waals surface area contributed by atoms with E-state index < -0.39 is 0 Å². The summed E-state index contributed by atoms with van der Waals surface area (Å²) in [6.45, 7) is 0. The summed E-state index contributed by atoms with van der Waals surface area (Å²) in [5.74, 6) is 0. The van der Waals surface area contributed by atoms with Gasteiger partial charge in [0, 0.05) is 39.6 Å². The minimum absolute atomic E-state index is 1.10. The van der Waals surface area contributed by atoms with Gasteiger partial charge in [-0.1, -0.05) is 182 Å². The Morgan fingerprint density at radius 1 is 0.306 bits per heavy atom. The molecule has 0 radical (unpaired) electrons. The van der Waals surface area contributed by atoms with E-state index in [2.05, 4.69) is 252 Å². The van der Waals surface area contributed by atoms with Crippen molar-refractivity contribution in [2.45, 2.75) is 0 Å². The topological polar surface area (TPSA) is 7.65 Å². The third-order valence-corrected chi connectivity index (χ3v) is 12.6. The van der Waals surface area contributed by atoms with Gasteiger partial charge in [-0.05, 0) is 120 Å². The van der Waals surface area contributed by atoms with Crippen LogP contribution < -0.4 is 4.90 Å². The van der Waals surface area contributed by atoms with Crippen LogP contribution in [-0.2, 0) is 0 Å². The molecule has 0 aliphatic carbocycles. The molecule has 0 saturated heterocycles. The number of rotatable bonds is 7. The second-order valence-corrected chi connectivity index (χ2v) is 16.1. The molecule has 12 aromatic rings. The van der Waals surface area contributed by atoms with Crippen LogP contribution in [0.5, 0.6) is 0 Å². The van der Waals surface area contributed by atoms with Crippen LogP contribution in [0.2, 0.25) is 0 Å². The lowest BCUT2D eigenvalue weighted by Gasteiger charge is -2.26. The Morgan fingerprint density at radius 3 is 1.40 bits per heavy atom. The first-order chi connectivity index (χ1) is 30.8. The third-order valence-electron chi connectivity index (χ3n) is 12.6. The van der Waals surface area contributed by atoms with Crippen LogP contribution in [0.25, 0.3) is 93.2 Å². The quantitative estimate of drug-likeness (QED) is 0.146. The summed E-state index contributed by atoms with van der Waals surface area (Å²) in [6.07, 6.45) is 2.23. The van der Waals surface area contributed by atoms with Crippen molar-refractivity contribution in [1.29, 1.82) is 0 Å². The van der Waals surface area contributed by atoms with Gasteiger partial charge in [0.1, 0.15) is 0 Å². The maximum Gasteiger partial charge on any atom is 0.0620 e. The Labute approximate surface area is 360 Å². The van der Waals surface area contributed by atoms with Crippen molar-refractivity contribution >= 4 is 65.8 Å². The highest BCUT2D eigenvalue weighted by Gasteiger charge is 2.22. The van der Waals surface area contributed by atoms with Gasteiger partial charge in [0.15, 0.2) is 0 Å². The summed E-state index contributed by atoms with van der Waals surface area (Å²) in [7, 11) is 0. The highest BCUT2D eigenvalue weighted by molar-refractivity contribution is 6.31. The van der Waals surface area contributed by atoms with Gasteiger partial charge in [-0.3, -0.25) is 0 Å². The first-order valence-corrected chi connectivity index (χ1v) is 21.3. The molecule has 290 valence electrons. The van der Waals surface area contributed by atoms with Crippen LogP contribution in [0.4, 0.5) is 17.1 Å². The van der Waals surface area contributed by atoms with Gasteiger partial charge in [0.25, 0.3) is 0 Å². The highest BCUT2D eigenvalue weighted by atomic mass is 15.1. The molecule has 0 bridgehead atoms. The van der Waals surface area contributed by atoms with Crippen molar-refractivity contribution < 1.29 is 0 Å². The van der Waals surface area contributed by atoms with Gasteiger partial charge < -0.3 is 9.30 Å². The Hall–Kier alpha value is -8.20. The maximum atomic E-state index is 2.43. The molecule has 0 aliphatic rings. The lowest BCUT2D eigenvalue weighted by atomic mass is 9.90. The van der Waals surface area contributed by atoms with E-state index in [1.807, 2.05) is 0 Å². The van der Waals surface area contributed by atoms with Crippen LogP contribution in [0.1, 0.15) is 0 Å². The number of anilines is 3. The van der Waals surface area contributed by atoms with E-state index in [9.17, 15) is 0 Å². The number of hydrogen-bond donors (Lipinski definition) is 0. The normalized spacial score (nSPS) is 11.5. The van der Waals surface area contributed by atoms with Gasteiger partial charge in [0.2, 0.25) is 0 Å². The van der Waals surface area contributed by atoms with Crippen molar-refractivity contribution in [3.8, 4) is 44.5 Å². The van der Waals surface area contributed by atoms with Crippen LogP contribution in [0, 0.1) is 0 Å². The van der Waals surface area contributed by atoms with Crippen molar-refractivity contribution in [1.82, 2.24) is 4.40 Å². The van der Waals surface area contributed by atoms with E-state index in [1.54, 1.807) is 0 Å². The largest absolute Gasteiger partial charge is 0.315 e. The van der Waals surface area contributed by atoms with Crippen LogP contribution in [-0.4, -0.2) is 4.40 Å². The Balaban J connectivity index is 1.02. The summed E-state index contributed by atoms with van der Waals surface area (Å²) in [6, 6.07) is 86.1. The molecule has 2 heterocycles. The summed E-state index contributed by atoms with van der Waals surface area (Å²) >= 11 is 0. The standard InChI is InChI=1S/C60H40N2/c1-3-14-41(15-4-1)43-25-32-48(33-26-43)62(49-34-27-44(28-35-49)42-16-5-2-6-17-42)50-36-29-45(30-37-50)47-31-38-53-52-21-9-10-22-55(52)60-59(56(53)40-47)58(57-24-11-12-39-61(57)60)54-23-13-19-46-18-7-8-20-51(46)54/h1-40H. The zero-order chi connectivity index (χ0) is 41.0. The van der Waals surface area contributed by atoms with Crippen LogP contribution in [0.15, 0.2) is 243 Å². The second-order valence-electron chi connectivity index (χ2n) is 16.1. The molecule has 0 amide bonds. The Bertz CT molecular complexity index is 3500. The maximum absolute atomic E-state index is 2.43. The molecule has 2 heteroatoms. The van der Waals surface area contributed by atoms with Gasteiger partial charge >= 0.3 is 0 Å². The molecule has 2 nitrogen and oxygen atoms in total. The van der Waals surface area contributed by atoms with E-state index in [1.165, 1.54) is 93.2 Å². The number of nitrogens with zero attached hydrogens (tertiary/aromatic N) is 2. The molecule has 0 spiro atoms. The number of aromatic nitrogens is 1. The van der Waals surface area contributed by atoms with Crippen LogP contribution in [0.3, 0.4) is 0 Å². The van der Waals surface area contributed by atoms with Crippen molar-refractivity contribution in [3.05, 3.63) is 243 Å². The highest BCUT2D eigenvalue weighted by Crippen LogP contribution is 2.47. The molecule has 10 aromatic carbocycles. The van der Waals surface area contributed by atoms with Crippen molar-refractivity contribution in [2.75, 3.05) is 4.90 Å². The molecule has 0 saturated carbocycles. The average Bonchev–Trinajstić information content (AvgIpc) is 3.70. The van der Waals surface area contributed by atoms with E-state index in [-0.39, 0.29) is 0 Å². The number of pyridine rings is 1. The molecular formula is C60H40N2. The molecule has 0 aliphatic heterocycles. The van der Waals surface area contributed by atoms with E-state index >= 15 is 0 Å². The predicted molar refractivity (Wildman–Crippen MR) is 264 cm³/mol. The summed E-state index contributed by atoms with van der Waals surface area (Å²) in [5, 5.41) is 8.82. The van der Waals surface area contributed by atoms with Gasteiger partial charge in [0.05, 0.1) is 11.0 Å². The fraction of sp³-hybridized carbons (Fsp3) is 0. The fourth-order valence-corrected chi connectivity index (χ4v) is 9.66. The van der Waals surface area contributed by atoms with Crippen LogP contribution >= 0.6 is 0 Å². The van der Waals surface area contributed by atoms with Gasteiger partial charge in [-0.15, -0.1) is 0 Å². The molecule has 0 unspecified atom stereocenters. The van der Waals surface area contributed by atoms with Gasteiger partial charge in [-0.2, -0.15) is 0 Å². The molecule has 0 N–H and O–H groups in total. The SMILES string of the molecule is c1ccc(-c2ccc(N(c3ccc(-c4ccccc4)cc3)c3ccc(-c4ccc5c6ccccc6c6c(c(-c7cccc8ccccc78)c7ccccn76)c5c4)cc3)cc2)cc1. The number of fused-ring (bicyclic) bond motifs is 9. The fourth-order valence-electron chi connectivity index (χ4n) is 9.66. The predicted octanol–water partition coefficient (Wildman–Crippen LogP) is 16.7. The first-order valence-electron chi connectivity index (χ1n) is 21.3. The second kappa shape index (κ2) is 14.8. The molecule has 12 rings (SSSR count). The lowest BCUT2D eigenvalue weighted by Crippen LogP contribution is -2.09. The summed E-state index contributed by atoms with van der Waals surface area (Å²) < 4.78 is 2.41. The Morgan fingerprint density at radius 2 is 0.774 bits per heavy atom. The number of hydrogen-bond acceptors (Lipinski definition) is 1. The molecule has 62 heavy (non-hydrogen) atoms. The monoisotopic (exact) mass is 788 g/mol. The summed E-state index contributed by atoms with van der Waals surface area (Å²) in [4.78, 5) is 2.35. The molecule has 0 atom stereocenters. The first kappa shape index (κ1) is 35.7.